The number of nitrogens with zero attached hydrogens (tertiary/aromatic N) is 1. The van der Waals surface area contributed by atoms with Crippen LogP contribution in [-0.2, 0) is 21.2 Å². The molecule has 2 aromatic carbocycles. The summed E-state index contributed by atoms with van der Waals surface area (Å²) in [5.41, 5.74) is 0.766. The van der Waals surface area contributed by atoms with Gasteiger partial charge in [0.15, 0.2) is 9.84 Å². The van der Waals surface area contributed by atoms with Crippen molar-refractivity contribution in [1.29, 1.82) is 0 Å². The van der Waals surface area contributed by atoms with Crippen LogP contribution in [0.3, 0.4) is 0 Å². The summed E-state index contributed by atoms with van der Waals surface area (Å²) < 4.78 is 57.3. The first-order valence-electron chi connectivity index (χ1n) is 9.55. The standard InChI is InChI=1S/C21H26F2N2O5S/c1-25(11-4-12-29-18-5-3-6-19(13-18)31(2,27)28)15-20(26)24-14-16-7-9-17(10-8-16)30-21(22)23/h3,5-10,13,21H,4,11-12,14-15H2,1-2H3,(H,24,26). The summed E-state index contributed by atoms with van der Waals surface area (Å²) in [5.74, 6) is 0.376. The van der Waals surface area contributed by atoms with Crippen molar-refractivity contribution in [1.82, 2.24) is 10.2 Å². The fraction of sp³-hybridized carbons (Fsp3) is 0.381. The van der Waals surface area contributed by atoms with E-state index in [4.69, 9.17) is 4.74 Å². The van der Waals surface area contributed by atoms with Gasteiger partial charge < -0.3 is 14.8 Å². The molecule has 1 amide bonds. The fourth-order valence-corrected chi connectivity index (χ4v) is 3.34. The second-order valence-electron chi connectivity index (χ2n) is 6.99. The van der Waals surface area contributed by atoms with Gasteiger partial charge in [0, 0.05) is 19.3 Å². The van der Waals surface area contributed by atoms with Crippen LogP contribution in [-0.4, -0.2) is 58.8 Å². The molecule has 0 atom stereocenters. The number of likely N-dealkylation sites (N-methyl/N-ethyl adjacent to an activating group) is 1. The number of amides is 1. The number of rotatable bonds is 12. The number of nitrogens with one attached hydrogen (secondary N) is 1. The maximum absolute atomic E-state index is 12.1. The van der Waals surface area contributed by atoms with E-state index < -0.39 is 16.4 Å². The summed E-state index contributed by atoms with van der Waals surface area (Å²) in [6, 6.07) is 12.4. The highest BCUT2D eigenvalue weighted by molar-refractivity contribution is 7.90. The van der Waals surface area contributed by atoms with Crippen LogP contribution in [0, 0.1) is 0 Å². The zero-order chi connectivity index (χ0) is 22.9. The van der Waals surface area contributed by atoms with E-state index >= 15 is 0 Å². The molecule has 0 bridgehead atoms. The van der Waals surface area contributed by atoms with Gasteiger partial charge in [-0.3, -0.25) is 9.69 Å². The van der Waals surface area contributed by atoms with Crippen molar-refractivity contribution in [2.24, 2.45) is 0 Å². The SMILES string of the molecule is CN(CCCOc1cccc(S(C)(=O)=O)c1)CC(=O)NCc1ccc(OC(F)F)cc1. The van der Waals surface area contributed by atoms with Gasteiger partial charge >= 0.3 is 6.61 Å². The molecule has 0 fully saturated rings. The zero-order valence-electron chi connectivity index (χ0n) is 17.4. The fourth-order valence-electron chi connectivity index (χ4n) is 2.69. The molecular weight excluding hydrogens is 430 g/mol. The summed E-state index contributed by atoms with van der Waals surface area (Å²) >= 11 is 0. The Morgan fingerprint density at radius 2 is 1.84 bits per heavy atom. The first-order chi connectivity index (χ1) is 14.6. The van der Waals surface area contributed by atoms with Crippen molar-refractivity contribution in [3.63, 3.8) is 0 Å². The van der Waals surface area contributed by atoms with Crippen LogP contribution in [0.2, 0.25) is 0 Å². The van der Waals surface area contributed by atoms with Crippen LogP contribution in [0.25, 0.3) is 0 Å². The lowest BCUT2D eigenvalue weighted by Crippen LogP contribution is -2.35. The molecule has 0 saturated carbocycles. The maximum atomic E-state index is 12.1. The van der Waals surface area contributed by atoms with Crippen LogP contribution in [0.4, 0.5) is 8.78 Å². The highest BCUT2D eigenvalue weighted by Crippen LogP contribution is 2.17. The van der Waals surface area contributed by atoms with Crippen molar-refractivity contribution >= 4 is 15.7 Å². The quantitative estimate of drug-likeness (QED) is 0.495. The maximum Gasteiger partial charge on any atom is 0.387 e. The number of halogens is 2. The number of carbonyl (C=O) groups is 1. The van der Waals surface area contributed by atoms with Gasteiger partial charge in [-0.05, 0) is 49.4 Å². The Balaban J connectivity index is 1.66. The van der Waals surface area contributed by atoms with E-state index in [0.29, 0.717) is 25.3 Å². The third-order valence-corrected chi connectivity index (χ3v) is 5.35. The van der Waals surface area contributed by atoms with Gasteiger partial charge in [0.1, 0.15) is 11.5 Å². The van der Waals surface area contributed by atoms with Gasteiger partial charge in [-0.1, -0.05) is 18.2 Å². The molecule has 7 nitrogen and oxygen atoms in total. The lowest BCUT2D eigenvalue weighted by atomic mass is 10.2. The van der Waals surface area contributed by atoms with E-state index in [9.17, 15) is 22.0 Å². The molecule has 0 aliphatic carbocycles. The normalized spacial score (nSPS) is 11.5. The van der Waals surface area contributed by atoms with Crippen LogP contribution in [0.5, 0.6) is 11.5 Å². The summed E-state index contributed by atoms with van der Waals surface area (Å²) in [5, 5.41) is 2.77. The molecule has 170 valence electrons. The second kappa shape index (κ2) is 11.6. The van der Waals surface area contributed by atoms with Crippen molar-refractivity contribution < 1.29 is 31.5 Å². The molecule has 0 saturated heterocycles. The van der Waals surface area contributed by atoms with Crippen molar-refractivity contribution in [2.45, 2.75) is 24.5 Å². The lowest BCUT2D eigenvalue weighted by molar-refractivity contribution is -0.122. The van der Waals surface area contributed by atoms with Gasteiger partial charge in [0.25, 0.3) is 0 Å². The van der Waals surface area contributed by atoms with Gasteiger partial charge in [-0.25, -0.2) is 8.42 Å². The molecule has 31 heavy (non-hydrogen) atoms. The Hall–Kier alpha value is -2.72. The average molecular weight is 457 g/mol. The molecule has 0 spiro atoms. The molecule has 0 aliphatic rings. The molecule has 0 heterocycles. The predicted octanol–water partition coefficient (Wildman–Crippen LogP) is 2.71. The minimum absolute atomic E-state index is 0.0649. The highest BCUT2D eigenvalue weighted by Gasteiger charge is 2.09. The number of carbonyl (C=O) groups excluding carboxylic acids is 1. The Kier molecular flexibility index (Phi) is 9.20. The van der Waals surface area contributed by atoms with E-state index in [2.05, 4.69) is 10.1 Å². The number of benzene rings is 2. The highest BCUT2D eigenvalue weighted by atomic mass is 32.2. The number of hydrogen-bond donors (Lipinski definition) is 1. The topological polar surface area (TPSA) is 84.9 Å². The van der Waals surface area contributed by atoms with Crippen molar-refractivity contribution in [2.75, 3.05) is 33.0 Å². The molecule has 0 unspecified atom stereocenters. The zero-order valence-corrected chi connectivity index (χ0v) is 18.2. The average Bonchev–Trinajstić information content (AvgIpc) is 2.70. The molecule has 0 aliphatic heterocycles. The van der Waals surface area contributed by atoms with Crippen LogP contribution in [0.1, 0.15) is 12.0 Å². The minimum atomic E-state index is -3.28. The third kappa shape index (κ3) is 9.31. The molecule has 2 aromatic rings. The number of ether oxygens (including phenoxy) is 2. The second-order valence-corrected chi connectivity index (χ2v) is 9.00. The smallest absolute Gasteiger partial charge is 0.387 e. The largest absolute Gasteiger partial charge is 0.494 e. The molecular formula is C21H26F2N2O5S. The van der Waals surface area contributed by atoms with Crippen LogP contribution < -0.4 is 14.8 Å². The first kappa shape index (κ1) is 24.5. The van der Waals surface area contributed by atoms with Crippen molar-refractivity contribution in [3.8, 4) is 11.5 Å². The first-order valence-corrected chi connectivity index (χ1v) is 11.4. The Labute approximate surface area is 180 Å². The summed E-state index contributed by atoms with van der Waals surface area (Å²) in [7, 11) is -1.48. The monoisotopic (exact) mass is 456 g/mol. The Bertz CT molecular complexity index is 952. The van der Waals surface area contributed by atoms with E-state index in [1.807, 2.05) is 4.90 Å². The minimum Gasteiger partial charge on any atom is -0.494 e. The summed E-state index contributed by atoms with van der Waals surface area (Å²) in [4.78, 5) is 14.1. The molecule has 0 aromatic heterocycles. The van der Waals surface area contributed by atoms with E-state index in [1.165, 1.54) is 24.3 Å². The summed E-state index contributed by atoms with van der Waals surface area (Å²) in [6.07, 6.45) is 1.79. The van der Waals surface area contributed by atoms with E-state index in [-0.39, 0.29) is 29.6 Å². The van der Waals surface area contributed by atoms with E-state index in [0.717, 1.165) is 11.8 Å². The Morgan fingerprint density at radius 3 is 2.48 bits per heavy atom. The molecule has 1 N–H and O–H groups in total. The Morgan fingerprint density at radius 1 is 1.13 bits per heavy atom. The van der Waals surface area contributed by atoms with Gasteiger partial charge in [0.2, 0.25) is 5.91 Å². The number of hydrogen-bond acceptors (Lipinski definition) is 6. The van der Waals surface area contributed by atoms with Gasteiger partial charge in [-0.2, -0.15) is 8.78 Å². The summed E-state index contributed by atoms with van der Waals surface area (Å²) in [6.45, 7) is -1.41. The van der Waals surface area contributed by atoms with Gasteiger partial charge in [-0.15, -0.1) is 0 Å². The number of sulfone groups is 1. The van der Waals surface area contributed by atoms with E-state index in [1.54, 1.807) is 31.3 Å². The van der Waals surface area contributed by atoms with Crippen molar-refractivity contribution in [3.05, 3.63) is 54.1 Å². The number of alkyl halides is 2. The molecule has 0 radical (unpaired) electrons. The molecule has 2 rings (SSSR count). The predicted molar refractivity (Wildman–Crippen MR) is 112 cm³/mol. The van der Waals surface area contributed by atoms with Crippen LogP contribution >= 0.6 is 0 Å². The van der Waals surface area contributed by atoms with Gasteiger partial charge in [0.05, 0.1) is 18.0 Å². The third-order valence-electron chi connectivity index (χ3n) is 4.24. The van der Waals surface area contributed by atoms with Crippen LogP contribution in [0.15, 0.2) is 53.4 Å². The lowest BCUT2D eigenvalue weighted by Gasteiger charge is -2.16. The molecule has 10 heteroatoms.